The Morgan fingerprint density at radius 2 is 0.875 bits per heavy atom. The van der Waals surface area contributed by atoms with E-state index in [0.717, 1.165) is 67.5 Å². The summed E-state index contributed by atoms with van der Waals surface area (Å²) < 4.78 is 7.00. The van der Waals surface area contributed by atoms with Crippen LogP contribution in [0, 0.1) is 0 Å². The summed E-state index contributed by atoms with van der Waals surface area (Å²) >= 11 is 0. The number of anilines is 6. The molecule has 0 bridgehead atoms. The Labute approximate surface area is 374 Å². The standard InChI is InChI=1S/C61H44N2O/c1-61(2)55-26-13-12-22-50(55)54-40-48(36-38-56(54)61)62(46-32-28-42(29-33-46)41-16-6-3-7-17-41)47-34-30-43(31-35-47)49-37-39-58-59-51(49)23-14-24-52(59)53-25-15-27-57(60(53)64-58)63(44-18-8-4-9-19-44)45-20-10-5-11-21-45/h3-40H,1-2H3. The third-order valence-corrected chi connectivity index (χ3v) is 13.3. The van der Waals surface area contributed by atoms with Gasteiger partial charge in [-0.25, -0.2) is 0 Å². The summed E-state index contributed by atoms with van der Waals surface area (Å²) in [5, 5.41) is 2.29. The van der Waals surface area contributed by atoms with Gasteiger partial charge in [0.1, 0.15) is 5.75 Å². The quantitative estimate of drug-likeness (QED) is 0.152. The molecule has 0 fully saturated rings. The average Bonchev–Trinajstić information content (AvgIpc) is 3.58. The molecule has 1 heterocycles. The molecule has 0 saturated heterocycles. The minimum atomic E-state index is -0.0625. The number of hydrogen-bond donors (Lipinski definition) is 0. The molecule has 0 saturated carbocycles. The molecule has 1 aliphatic carbocycles. The number of ether oxygens (including phenoxy) is 1. The van der Waals surface area contributed by atoms with E-state index in [0.29, 0.717) is 0 Å². The Balaban J connectivity index is 0.946. The Morgan fingerprint density at radius 1 is 0.344 bits per heavy atom. The Bertz CT molecular complexity index is 3320. The topological polar surface area (TPSA) is 15.7 Å². The van der Waals surface area contributed by atoms with Crippen LogP contribution in [0.3, 0.4) is 0 Å². The predicted octanol–water partition coefficient (Wildman–Crippen LogP) is 17.2. The lowest BCUT2D eigenvalue weighted by atomic mass is 9.82. The zero-order valence-corrected chi connectivity index (χ0v) is 35.7. The molecule has 2 aliphatic rings. The van der Waals surface area contributed by atoms with Crippen LogP contribution in [0.5, 0.6) is 11.5 Å². The number of para-hydroxylation sites is 3. The molecule has 304 valence electrons. The van der Waals surface area contributed by atoms with Crippen molar-refractivity contribution in [1.29, 1.82) is 0 Å². The maximum Gasteiger partial charge on any atom is 0.159 e. The molecule has 0 radical (unpaired) electrons. The molecule has 64 heavy (non-hydrogen) atoms. The van der Waals surface area contributed by atoms with Crippen LogP contribution < -0.4 is 14.5 Å². The normalized spacial score (nSPS) is 12.8. The van der Waals surface area contributed by atoms with Gasteiger partial charge in [0.25, 0.3) is 0 Å². The predicted molar refractivity (Wildman–Crippen MR) is 267 cm³/mol. The molecule has 12 rings (SSSR count). The molecule has 3 nitrogen and oxygen atoms in total. The van der Waals surface area contributed by atoms with Crippen molar-refractivity contribution in [3.63, 3.8) is 0 Å². The summed E-state index contributed by atoms with van der Waals surface area (Å²) in [4.78, 5) is 4.67. The molecule has 3 heteroatoms. The van der Waals surface area contributed by atoms with Gasteiger partial charge in [0.15, 0.2) is 5.75 Å². The summed E-state index contributed by atoms with van der Waals surface area (Å²) in [5.41, 5.74) is 18.7. The SMILES string of the molecule is CC1(C)c2ccccc2-c2cc(N(c3ccc(-c4ccccc4)cc3)c3ccc(-c4ccc5c6c(cccc46)-c4cccc(N(c6ccccc6)c6ccccc6)c4O5)cc3)ccc21. The van der Waals surface area contributed by atoms with Crippen molar-refractivity contribution in [3.8, 4) is 56.0 Å². The van der Waals surface area contributed by atoms with Gasteiger partial charge in [0.2, 0.25) is 0 Å². The molecule has 0 unspecified atom stereocenters. The number of rotatable bonds is 8. The Kier molecular flexibility index (Phi) is 8.84. The van der Waals surface area contributed by atoms with Crippen LogP contribution >= 0.6 is 0 Å². The van der Waals surface area contributed by atoms with Crippen molar-refractivity contribution >= 4 is 44.9 Å². The molecular weight excluding hydrogens is 777 g/mol. The summed E-state index contributed by atoms with van der Waals surface area (Å²) in [6.45, 7) is 4.68. The van der Waals surface area contributed by atoms with Gasteiger partial charge in [-0.3, -0.25) is 0 Å². The zero-order valence-electron chi connectivity index (χ0n) is 35.7. The Morgan fingerprint density at radius 3 is 1.58 bits per heavy atom. The third kappa shape index (κ3) is 6.12. The highest BCUT2D eigenvalue weighted by Crippen LogP contribution is 2.54. The largest absolute Gasteiger partial charge is 0.454 e. The molecule has 10 aromatic rings. The highest BCUT2D eigenvalue weighted by molar-refractivity contribution is 6.11. The summed E-state index contributed by atoms with van der Waals surface area (Å²) in [7, 11) is 0. The smallest absolute Gasteiger partial charge is 0.159 e. The van der Waals surface area contributed by atoms with Gasteiger partial charge in [0.05, 0.1) is 5.69 Å². The van der Waals surface area contributed by atoms with Crippen molar-refractivity contribution in [2.75, 3.05) is 9.80 Å². The molecule has 0 amide bonds. The first kappa shape index (κ1) is 37.6. The van der Waals surface area contributed by atoms with Gasteiger partial charge >= 0.3 is 0 Å². The molecule has 0 spiro atoms. The molecule has 0 atom stereocenters. The van der Waals surface area contributed by atoms with Crippen molar-refractivity contribution in [2.24, 2.45) is 0 Å². The third-order valence-electron chi connectivity index (χ3n) is 13.3. The monoisotopic (exact) mass is 820 g/mol. The number of hydrogen-bond acceptors (Lipinski definition) is 3. The average molecular weight is 821 g/mol. The van der Waals surface area contributed by atoms with Crippen molar-refractivity contribution in [2.45, 2.75) is 19.3 Å². The van der Waals surface area contributed by atoms with E-state index >= 15 is 0 Å². The number of benzene rings is 10. The van der Waals surface area contributed by atoms with Gasteiger partial charge < -0.3 is 14.5 Å². The van der Waals surface area contributed by atoms with Crippen LogP contribution in [0.15, 0.2) is 231 Å². The fraction of sp³-hybridized carbons (Fsp3) is 0.0492. The van der Waals surface area contributed by atoms with E-state index in [9.17, 15) is 0 Å². The lowest BCUT2D eigenvalue weighted by molar-refractivity contribution is 0.488. The van der Waals surface area contributed by atoms with Gasteiger partial charge in [-0.2, -0.15) is 0 Å². The van der Waals surface area contributed by atoms with Crippen molar-refractivity contribution in [3.05, 3.63) is 242 Å². The van der Waals surface area contributed by atoms with E-state index in [4.69, 9.17) is 4.74 Å². The highest BCUT2D eigenvalue weighted by atomic mass is 16.5. The molecule has 0 N–H and O–H groups in total. The van der Waals surface area contributed by atoms with E-state index in [2.05, 4.69) is 254 Å². The van der Waals surface area contributed by atoms with Crippen LogP contribution in [-0.2, 0) is 5.41 Å². The summed E-state index contributed by atoms with van der Waals surface area (Å²) in [6.07, 6.45) is 0. The fourth-order valence-corrected chi connectivity index (χ4v) is 10.2. The van der Waals surface area contributed by atoms with Gasteiger partial charge in [-0.1, -0.05) is 172 Å². The first-order valence-corrected chi connectivity index (χ1v) is 22.1. The lowest BCUT2D eigenvalue weighted by Crippen LogP contribution is -2.15. The maximum absolute atomic E-state index is 7.00. The van der Waals surface area contributed by atoms with E-state index in [-0.39, 0.29) is 5.41 Å². The van der Waals surface area contributed by atoms with Crippen LogP contribution in [0.25, 0.3) is 55.3 Å². The van der Waals surface area contributed by atoms with Gasteiger partial charge in [-0.15, -0.1) is 0 Å². The van der Waals surface area contributed by atoms with Crippen molar-refractivity contribution in [1.82, 2.24) is 0 Å². The van der Waals surface area contributed by atoms with E-state index in [1.807, 2.05) is 0 Å². The minimum absolute atomic E-state index is 0.0625. The zero-order chi connectivity index (χ0) is 42.8. The van der Waals surface area contributed by atoms with E-state index < -0.39 is 0 Å². The first-order chi connectivity index (χ1) is 31.5. The number of nitrogens with zero attached hydrogens (tertiary/aromatic N) is 2. The molecular formula is C61H44N2O. The minimum Gasteiger partial charge on any atom is -0.454 e. The van der Waals surface area contributed by atoms with Crippen LogP contribution in [0.1, 0.15) is 25.0 Å². The van der Waals surface area contributed by atoms with Crippen LogP contribution in [-0.4, -0.2) is 0 Å². The second-order valence-corrected chi connectivity index (χ2v) is 17.3. The van der Waals surface area contributed by atoms with Crippen LogP contribution in [0.4, 0.5) is 34.1 Å². The van der Waals surface area contributed by atoms with E-state index in [1.54, 1.807) is 0 Å². The molecule has 10 aromatic carbocycles. The fourth-order valence-electron chi connectivity index (χ4n) is 10.2. The lowest BCUT2D eigenvalue weighted by Gasteiger charge is -2.30. The summed E-state index contributed by atoms with van der Waals surface area (Å²) in [5.74, 6) is 1.71. The molecule has 1 aliphatic heterocycles. The van der Waals surface area contributed by atoms with E-state index in [1.165, 1.54) is 44.5 Å². The molecule has 0 aromatic heterocycles. The Hall–Kier alpha value is -8.14. The van der Waals surface area contributed by atoms with Gasteiger partial charge in [-0.05, 0) is 128 Å². The van der Waals surface area contributed by atoms with Gasteiger partial charge in [0, 0.05) is 44.8 Å². The second-order valence-electron chi connectivity index (χ2n) is 17.3. The second kappa shape index (κ2) is 15.0. The van der Waals surface area contributed by atoms with Crippen molar-refractivity contribution < 1.29 is 4.74 Å². The first-order valence-electron chi connectivity index (χ1n) is 22.1. The highest BCUT2D eigenvalue weighted by Gasteiger charge is 2.35. The maximum atomic E-state index is 7.00. The number of fused-ring (bicyclic) bond motifs is 5. The van der Waals surface area contributed by atoms with Crippen LogP contribution in [0.2, 0.25) is 0 Å². The summed E-state index contributed by atoms with van der Waals surface area (Å²) in [6, 6.07) is 83.0.